The fourth-order valence-corrected chi connectivity index (χ4v) is 5.28. The minimum absolute atomic E-state index is 0.0289. The lowest BCUT2D eigenvalue weighted by Gasteiger charge is -2.44. The van der Waals surface area contributed by atoms with E-state index in [0.717, 1.165) is 57.3 Å². The quantitative estimate of drug-likeness (QED) is 0.748. The van der Waals surface area contributed by atoms with Crippen molar-refractivity contribution < 1.29 is 9.59 Å². The number of nitrogens with zero attached hydrogens (tertiary/aromatic N) is 3. The molecule has 28 heavy (non-hydrogen) atoms. The average Bonchev–Trinajstić information content (AvgIpc) is 3.01. The zero-order chi connectivity index (χ0) is 19.7. The van der Waals surface area contributed by atoms with E-state index in [9.17, 15) is 9.59 Å². The molecule has 3 fully saturated rings. The first kappa shape index (κ1) is 19.4. The number of benzene rings is 1. The van der Waals surface area contributed by atoms with Gasteiger partial charge in [-0.3, -0.25) is 14.5 Å². The zero-order valence-corrected chi connectivity index (χ0v) is 17.3. The molecular weight excluding hydrogens is 350 g/mol. The Kier molecular flexibility index (Phi) is 5.46. The molecule has 2 heterocycles. The van der Waals surface area contributed by atoms with Gasteiger partial charge in [0, 0.05) is 30.7 Å². The molecule has 2 saturated heterocycles. The van der Waals surface area contributed by atoms with Crippen molar-refractivity contribution in [1.29, 1.82) is 0 Å². The van der Waals surface area contributed by atoms with Crippen molar-refractivity contribution in [3.05, 3.63) is 30.3 Å². The van der Waals surface area contributed by atoms with Crippen molar-refractivity contribution in [2.45, 2.75) is 70.4 Å². The molecule has 1 spiro atoms. The normalized spacial score (nSPS) is 23.8. The smallest absolute Gasteiger partial charge is 0.256 e. The number of carbonyl (C=O) groups is 2. The Balaban J connectivity index is 1.62. The lowest BCUT2D eigenvalue weighted by Crippen LogP contribution is -2.57. The van der Waals surface area contributed by atoms with E-state index in [1.165, 1.54) is 6.42 Å². The Hall–Kier alpha value is -1.88. The van der Waals surface area contributed by atoms with Crippen LogP contribution in [0.5, 0.6) is 0 Å². The first-order valence-corrected chi connectivity index (χ1v) is 11.0. The lowest BCUT2D eigenvalue weighted by molar-refractivity contribution is -0.148. The van der Waals surface area contributed by atoms with E-state index < -0.39 is 5.54 Å². The van der Waals surface area contributed by atoms with Crippen molar-refractivity contribution in [2.75, 3.05) is 24.7 Å². The summed E-state index contributed by atoms with van der Waals surface area (Å²) in [5.41, 5.74) is 0.477. The maximum atomic E-state index is 13.7. The van der Waals surface area contributed by atoms with E-state index in [1.807, 2.05) is 18.2 Å². The lowest BCUT2D eigenvalue weighted by atomic mass is 9.84. The van der Waals surface area contributed by atoms with Crippen LogP contribution in [0.3, 0.4) is 0 Å². The van der Waals surface area contributed by atoms with E-state index in [0.29, 0.717) is 12.7 Å². The highest BCUT2D eigenvalue weighted by atomic mass is 16.2. The Bertz CT molecular complexity index is 704. The fraction of sp³-hybridized carbons (Fsp3) is 0.652. The summed E-state index contributed by atoms with van der Waals surface area (Å²) in [6.07, 6.45) is 6.86. The molecule has 0 atom stereocenters. The summed E-state index contributed by atoms with van der Waals surface area (Å²) < 4.78 is 0. The zero-order valence-electron chi connectivity index (χ0n) is 17.3. The predicted molar refractivity (Wildman–Crippen MR) is 111 cm³/mol. The van der Waals surface area contributed by atoms with Gasteiger partial charge in [0.25, 0.3) is 5.91 Å². The molecule has 0 unspecified atom stereocenters. The summed E-state index contributed by atoms with van der Waals surface area (Å²) in [6.45, 7) is 6.63. The minimum atomic E-state index is -0.572. The van der Waals surface area contributed by atoms with Gasteiger partial charge >= 0.3 is 0 Å². The number of likely N-dealkylation sites (tertiary alicyclic amines) is 1. The molecule has 1 aliphatic carbocycles. The fourth-order valence-electron chi connectivity index (χ4n) is 5.28. The van der Waals surface area contributed by atoms with Gasteiger partial charge in [-0.05, 0) is 51.7 Å². The number of carbonyl (C=O) groups excluding carboxylic acids is 2. The van der Waals surface area contributed by atoms with Crippen LogP contribution >= 0.6 is 0 Å². The molecule has 1 saturated carbocycles. The van der Waals surface area contributed by atoms with Crippen LogP contribution in [0.15, 0.2) is 30.3 Å². The highest BCUT2D eigenvalue weighted by Crippen LogP contribution is 2.41. The summed E-state index contributed by atoms with van der Waals surface area (Å²) in [5.74, 6) is 0.130. The number of rotatable bonds is 3. The van der Waals surface area contributed by atoms with Crippen LogP contribution in [0, 0.1) is 5.92 Å². The van der Waals surface area contributed by atoms with Gasteiger partial charge in [0.05, 0.1) is 0 Å². The summed E-state index contributed by atoms with van der Waals surface area (Å²) in [7, 11) is 0. The first-order valence-electron chi connectivity index (χ1n) is 11.0. The molecule has 1 aromatic rings. The van der Waals surface area contributed by atoms with Crippen LogP contribution in [0.25, 0.3) is 0 Å². The Morgan fingerprint density at radius 1 is 1.04 bits per heavy atom. The summed E-state index contributed by atoms with van der Waals surface area (Å²) >= 11 is 0. The van der Waals surface area contributed by atoms with E-state index in [-0.39, 0.29) is 17.7 Å². The number of hydrogen-bond donors (Lipinski definition) is 0. The molecule has 5 heteroatoms. The van der Waals surface area contributed by atoms with Gasteiger partial charge in [0.2, 0.25) is 5.91 Å². The van der Waals surface area contributed by atoms with Gasteiger partial charge in [-0.2, -0.15) is 0 Å². The van der Waals surface area contributed by atoms with Crippen molar-refractivity contribution in [1.82, 2.24) is 9.80 Å². The second-order valence-electron chi connectivity index (χ2n) is 8.97. The predicted octanol–water partition coefficient (Wildman–Crippen LogP) is 3.64. The molecule has 152 valence electrons. The van der Waals surface area contributed by atoms with Crippen LogP contribution in [-0.4, -0.2) is 53.0 Å². The topological polar surface area (TPSA) is 43.9 Å². The second-order valence-corrected chi connectivity index (χ2v) is 8.97. The number of hydrogen-bond acceptors (Lipinski definition) is 4. The maximum Gasteiger partial charge on any atom is 0.256 e. The third-order valence-corrected chi connectivity index (χ3v) is 7.09. The number of para-hydroxylation sites is 1. The Labute approximate surface area is 168 Å². The monoisotopic (exact) mass is 383 g/mol. The second kappa shape index (κ2) is 7.86. The molecule has 2 aliphatic heterocycles. The van der Waals surface area contributed by atoms with E-state index in [4.69, 9.17) is 0 Å². The number of imide groups is 1. The molecule has 0 radical (unpaired) electrons. The molecule has 0 aromatic heterocycles. The number of anilines is 1. The van der Waals surface area contributed by atoms with Crippen LogP contribution in [0.4, 0.5) is 5.69 Å². The molecule has 4 rings (SSSR count). The van der Waals surface area contributed by atoms with Gasteiger partial charge in [0.1, 0.15) is 12.2 Å². The highest BCUT2D eigenvalue weighted by Gasteiger charge is 2.55. The van der Waals surface area contributed by atoms with Gasteiger partial charge in [-0.15, -0.1) is 0 Å². The van der Waals surface area contributed by atoms with Gasteiger partial charge in [0.15, 0.2) is 0 Å². The summed E-state index contributed by atoms with van der Waals surface area (Å²) in [4.78, 5) is 33.2. The van der Waals surface area contributed by atoms with Crippen molar-refractivity contribution >= 4 is 17.5 Å². The maximum absolute atomic E-state index is 13.7. The van der Waals surface area contributed by atoms with Gasteiger partial charge in [-0.1, -0.05) is 37.5 Å². The Morgan fingerprint density at radius 2 is 1.68 bits per heavy atom. The van der Waals surface area contributed by atoms with Crippen molar-refractivity contribution in [3.63, 3.8) is 0 Å². The molecule has 2 amide bonds. The summed E-state index contributed by atoms with van der Waals surface area (Å²) in [6, 6.07) is 10.7. The largest absolute Gasteiger partial charge is 0.338 e. The van der Waals surface area contributed by atoms with Crippen LogP contribution < -0.4 is 4.90 Å². The molecule has 1 aromatic carbocycles. The number of piperidine rings is 1. The van der Waals surface area contributed by atoms with E-state index >= 15 is 0 Å². The molecule has 0 N–H and O–H groups in total. The molecular formula is C23H33N3O2. The van der Waals surface area contributed by atoms with Crippen LogP contribution in [-0.2, 0) is 9.59 Å². The Morgan fingerprint density at radius 3 is 2.29 bits per heavy atom. The molecule has 5 nitrogen and oxygen atoms in total. The summed E-state index contributed by atoms with van der Waals surface area (Å²) in [5, 5.41) is 0. The van der Waals surface area contributed by atoms with Crippen molar-refractivity contribution in [2.24, 2.45) is 5.92 Å². The van der Waals surface area contributed by atoms with Crippen LogP contribution in [0.2, 0.25) is 0 Å². The minimum Gasteiger partial charge on any atom is -0.338 e. The van der Waals surface area contributed by atoms with Crippen molar-refractivity contribution in [3.8, 4) is 0 Å². The number of amides is 2. The molecule has 0 bridgehead atoms. The molecule has 3 aliphatic rings. The van der Waals surface area contributed by atoms with E-state index in [1.54, 1.807) is 4.90 Å². The van der Waals surface area contributed by atoms with Gasteiger partial charge in [-0.25, -0.2) is 0 Å². The SMILES string of the molecule is CC(C)N1CCC2(CC1)C(=O)N(C(=O)C1CCCCC1)CN2c1ccccc1. The van der Waals surface area contributed by atoms with Crippen LogP contribution in [0.1, 0.15) is 58.8 Å². The highest BCUT2D eigenvalue weighted by molar-refractivity contribution is 6.05. The van der Waals surface area contributed by atoms with E-state index in [2.05, 4.69) is 35.8 Å². The third-order valence-electron chi connectivity index (χ3n) is 7.09. The average molecular weight is 384 g/mol. The third kappa shape index (κ3) is 3.34. The van der Waals surface area contributed by atoms with Gasteiger partial charge < -0.3 is 9.80 Å². The standard InChI is InChI=1S/C23H33N3O2/c1-18(2)24-15-13-23(14-16-24)22(28)25(21(27)19-9-5-3-6-10-19)17-26(23)20-11-7-4-8-12-20/h4,7-8,11-12,18-19H,3,5-6,9-10,13-17H2,1-2H3. The first-order chi connectivity index (χ1) is 13.5.